The number of hydrogen-bond acceptors (Lipinski definition) is 2. The molecule has 2 nitrogen and oxygen atoms in total. The number of rotatable bonds is 5. The molecule has 1 heterocycles. The molecule has 0 aliphatic carbocycles. The largest absolute Gasteiger partial charge is 0.347 e. The van der Waals surface area contributed by atoms with Gasteiger partial charge in [0.05, 0.1) is 0 Å². The van der Waals surface area contributed by atoms with Crippen molar-refractivity contribution in [2.75, 3.05) is 0 Å². The van der Waals surface area contributed by atoms with Crippen LogP contribution in [0.5, 0.6) is 0 Å². The average Bonchev–Trinajstić information content (AvgIpc) is 2.14. The van der Waals surface area contributed by atoms with Crippen LogP contribution < -0.4 is 0 Å². The minimum atomic E-state index is 0.721. The maximum absolute atomic E-state index is 5.12. The van der Waals surface area contributed by atoms with Crippen molar-refractivity contribution in [1.82, 2.24) is 9.97 Å². The van der Waals surface area contributed by atoms with E-state index in [-0.39, 0.29) is 0 Å². The zero-order valence-electron chi connectivity index (χ0n) is 8.97. The van der Waals surface area contributed by atoms with Gasteiger partial charge in [0, 0.05) is 12.1 Å². The maximum atomic E-state index is 5.12. The number of nitrogens with one attached hydrogen (secondary N) is 1. The number of H-pyrrole nitrogens is 1. The Bertz CT molecular complexity index is 330. The van der Waals surface area contributed by atoms with Crippen LogP contribution >= 0.6 is 12.2 Å². The van der Waals surface area contributed by atoms with Gasteiger partial charge >= 0.3 is 0 Å². The molecule has 14 heavy (non-hydrogen) atoms. The minimum Gasteiger partial charge on any atom is -0.347 e. The van der Waals surface area contributed by atoms with Crippen molar-refractivity contribution in [3.05, 3.63) is 22.2 Å². The van der Waals surface area contributed by atoms with Gasteiger partial charge in [-0.05, 0) is 25.3 Å². The van der Waals surface area contributed by atoms with Crippen molar-refractivity contribution in [3.8, 4) is 0 Å². The number of hydrogen-bond donors (Lipinski definition) is 1. The first-order valence-corrected chi connectivity index (χ1v) is 5.76. The number of aromatic nitrogens is 2. The molecular formula is C11H18N2S. The highest BCUT2D eigenvalue weighted by molar-refractivity contribution is 7.71. The number of nitrogens with zero attached hydrogens (tertiary/aromatic N) is 1. The summed E-state index contributed by atoms with van der Waals surface area (Å²) >= 11 is 5.12. The summed E-state index contributed by atoms with van der Waals surface area (Å²) in [5, 5.41) is 0. The van der Waals surface area contributed by atoms with E-state index in [1.165, 1.54) is 18.5 Å². The molecule has 0 aliphatic heterocycles. The third-order valence-corrected chi connectivity index (χ3v) is 2.34. The normalized spacial score (nSPS) is 10.4. The molecule has 1 aromatic rings. The Morgan fingerprint density at radius 3 is 2.71 bits per heavy atom. The Morgan fingerprint density at radius 2 is 2.07 bits per heavy atom. The van der Waals surface area contributed by atoms with Crippen LogP contribution in [0.15, 0.2) is 6.07 Å². The Morgan fingerprint density at radius 1 is 1.29 bits per heavy atom. The van der Waals surface area contributed by atoms with Gasteiger partial charge in [-0.3, -0.25) is 0 Å². The standard InChI is InChI=1S/C11H18N2S/c1-3-5-7-9-8-11(14)13-10(12-9)6-4-2/h8H,3-7H2,1-2H3,(H,12,13,14). The van der Waals surface area contributed by atoms with Gasteiger partial charge in [-0.2, -0.15) is 0 Å². The Kier molecular flexibility index (Phi) is 4.80. The molecule has 0 saturated heterocycles. The fraction of sp³-hybridized carbons (Fsp3) is 0.636. The molecule has 0 atom stereocenters. The van der Waals surface area contributed by atoms with Gasteiger partial charge in [0.15, 0.2) is 0 Å². The first-order chi connectivity index (χ1) is 6.76. The second-order valence-electron chi connectivity index (χ2n) is 3.54. The number of aromatic amines is 1. The van der Waals surface area contributed by atoms with E-state index in [1.54, 1.807) is 0 Å². The highest BCUT2D eigenvalue weighted by atomic mass is 32.1. The molecular weight excluding hydrogens is 192 g/mol. The number of unbranched alkanes of at least 4 members (excludes halogenated alkanes) is 1. The van der Waals surface area contributed by atoms with Crippen molar-refractivity contribution in [1.29, 1.82) is 0 Å². The monoisotopic (exact) mass is 210 g/mol. The van der Waals surface area contributed by atoms with E-state index in [1.807, 2.05) is 6.07 Å². The zero-order chi connectivity index (χ0) is 10.4. The van der Waals surface area contributed by atoms with Crippen LogP contribution in [0.25, 0.3) is 0 Å². The maximum Gasteiger partial charge on any atom is 0.129 e. The van der Waals surface area contributed by atoms with Crippen LogP contribution in [-0.2, 0) is 12.8 Å². The third-order valence-electron chi connectivity index (χ3n) is 2.13. The van der Waals surface area contributed by atoms with E-state index in [0.717, 1.165) is 29.7 Å². The molecule has 3 heteroatoms. The van der Waals surface area contributed by atoms with Crippen molar-refractivity contribution in [2.45, 2.75) is 46.0 Å². The molecule has 0 fully saturated rings. The van der Waals surface area contributed by atoms with Crippen LogP contribution in [0.4, 0.5) is 0 Å². The van der Waals surface area contributed by atoms with Crippen molar-refractivity contribution in [3.63, 3.8) is 0 Å². The lowest BCUT2D eigenvalue weighted by Gasteiger charge is -2.04. The van der Waals surface area contributed by atoms with Crippen LogP contribution in [0.1, 0.15) is 44.6 Å². The minimum absolute atomic E-state index is 0.721. The fourth-order valence-corrected chi connectivity index (χ4v) is 1.67. The third kappa shape index (κ3) is 3.58. The van der Waals surface area contributed by atoms with E-state index < -0.39 is 0 Å². The second-order valence-corrected chi connectivity index (χ2v) is 3.96. The van der Waals surface area contributed by atoms with E-state index >= 15 is 0 Å². The summed E-state index contributed by atoms with van der Waals surface area (Å²) in [6.07, 6.45) is 5.60. The van der Waals surface area contributed by atoms with Crippen molar-refractivity contribution < 1.29 is 0 Å². The Balaban J connectivity index is 2.78. The average molecular weight is 210 g/mol. The smallest absolute Gasteiger partial charge is 0.129 e. The first kappa shape index (κ1) is 11.4. The predicted molar refractivity (Wildman–Crippen MR) is 62.0 cm³/mol. The zero-order valence-corrected chi connectivity index (χ0v) is 9.78. The molecule has 0 aliphatic rings. The molecule has 0 amide bonds. The summed E-state index contributed by atoms with van der Waals surface area (Å²) in [6.45, 7) is 4.35. The second kappa shape index (κ2) is 5.91. The molecule has 1 N–H and O–H groups in total. The molecule has 1 rings (SSSR count). The van der Waals surface area contributed by atoms with Gasteiger partial charge in [0.1, 0.15) is 10.5 Å². The van der Waals surface area contributed by atoms with Gasteiger partial charge in [-0.25, -0.2) is 4.98 Å². The van der Waals surface area contributed by atoms with Crippen LogP contribution in [-0.4, -0.2) is 9.97 Å². The van der Waals surface area contributed by atoms with Crippen LogP contribution in [0, 0.1) is 4.64 Å². The van der Waals surface area contributed by atoms with Crippen LogP contribution in [0.3, 0.4) is 0 Å². The molecule has 1 aromatic heterocycles. The van der Waals surface area contributed by atoms with E-state index in [9.17, 15) is 0 Å². The SMILES string of the molecule is CCCCc1cc(=S)nc(CCC)[nH]1. The molecule has 0 spiro atoms. The summed E-state index contributed by atoms with van der Waals surface area (Å²) in [5.41, 5.74) is 1.23. The van der Waals surface area contributed by atoms with Gasteiger partial charge < -0.3 is 4.98 Å². The Labute approximate surface area is 90.8 Å². The van der Waals surface area contributed by atoms with Gasteiger partial charge in [0.25, 0.3) is 0 Å². The highest BCUT2D eigenvalue weighted by Crippen LogP contribution is 2.04. The summed E-state index contributed by atoms with van der Waals surface area (Å²) in [7, 11) is 0. The number of aryl methyl sites for hydroxylation is 2. The molecule has 0 bridgehead atoms. The quantitative estimate of drug-likeness (QED) is 0.754. The lowest BCUT2D eigenvalue weighted by molar-refractivity contribution is 0.748. The van der Waals surface area contributed by atoms with Gasteiger partial charge in [0.2, 0.25) is 0 Å². The van der Waals surface area contributed by atoms with E-state index in [2.05, 4.69) is 23.8 Å². The summed E-state index contributed by atoms with van der Waals surface area (Å²) < 4.78 is 0.721. The predicted octanol–water partition coefficient (Wildman–Crippen LogP) is 3.43. The molecule has 78 valence electrons. The van der Waals surface area contributed by atoms with Gasteiger partial charge in [-0.15, -0.1) is 0 Å². The molecule has 0 aromatic carbocycles. The van der Waals surface area contributed by atoms with Crippen molar-refractivity contribution in [2.24, 2.45) is 0 Å². The Hall–Kier alpha value is -0.700. The highest BCUT2D eigenvalue weighted by Gasteiger charge is 1.97. The molecule has 0 radical (unpaired) electrons. The van der Waals surface area contributed by atoms with E-state index in [0.29, 0.717) is 0 Å². The topological polar surface area (TPSA) is 28.7 Å². The van der Waals surface area contributed by atoms with Gasteiger partial charge in [-0.1, -0.05) is 32.5 Å². The molecule has 0 unspecified atom stereocenters. The molecule has 0 saturated carbocycles. The van der Waals surface area contributed by atoms with E-state index in [4.69, 9.17) is 12.2 Å². The first-order valence-electron chi connectivity index (χ1n) is 5.35. The summed E-state index contributed by atoms with van der Waals surface area (Å²) in [4.78, 5) is 7.63. The summed E-state index contributed by atoms with van der Waals surface area (Å²) in [5.74, 6) is 1.03. The lowest BCUT2D eigenvalue weighted by atomic mass is 10.2. The fourth-order valence-electron chi connectivity index (χ4n) is 1.42. The van der Waals surface area contributed by atoms with Crippen LogP contribution in [0.2, 0.25) is 0 Å². The van der Waals surface area contributed by atoms with Crippen molar-refractivity contribution >= 4 is 12.2 Å². The lowest BCUT2D eigenvalue weighted by Crippen LogP contribution is -1.99. The summed E-state index contributed by atoms with van der Waals surface area (Å²) in [6, 6.07) is 1.98.